The van der Waals surface area contributed by atoms with Crippen LogP contribution in [0.15, 0.2) is 35.1 Å². The number of cyclic esters (lactones) is 1. The molecular weight excluding hydrogens is 374 g/mol. The van der Waals surface area contributed by atoms with E-state index in [1.165, 1.54) is 11.5 Å². The Morgan fingerprint density at radius 2 is 2.07 bits per heavy atom. The maximum Gasteiger partial charge on any atom is 0.357 e. The van der Waals surface area contributed by atoms with E-state index in [4.69, 9.17) is 14.5 Å². The van der Waals surface area contributed by atoms with Crippen molar-refractivity contribution >= 4 is 22.8 Å². The molecule has 0 aliphatic carbocycles. The summed E-state index contributed by atoms with van der Waals surface area (Å²) in [6.45, 7) is 3.03. The Morgan fingerprint density at radius 1 is 1.28 bits per heavy atom. The van der Waals surface area contributed by atoms with Crippen molar-refractivity contribution in [2.24, 2.45) is 0 Å². The summed E-state index contributed by atoms with van der Waals surface area (Å²) >= 11 is 0. The van der Waals surface area contributed by atoms with Crippen molar-refractivity contribution in [3.8, 4) is 11.5 Å². The summed E-state index contributed by atoms with van der Waals surface area (Å²) in [4.78, 5) is 46.9. The zero-order valence-corrected chi connectivity index (χ0v) is 15.9. The Hall–Kier alpha value is -3.55. The van der Waals surface area contributed by atoms with Crippen LogP contribution in [0.4, 0.5) is 0 Å². The number of para-hydroxylation sites is 1. The molecule has 0 bridgehead atoms. The van der Waals surface area contributed by atoms with Crippen LogP contribution in [-0.4, -0.2) is 26.5 Å². The fraction of sp³-hybridized carbons (Fsp3) is 0.286. The summed E-state index contributed by atoms with van der Waals surface area (Å²) in [5, 5.41) is 0.971. The molecule has 2 aliphatic heterocycles. The van der Waals surface area contributed by atoms with Gasteiger partial charge in [0, 0.05) is 24.3 Å². The first kappa shape index (κ1) is 17.5. The van der Waals surface area contributed by atoms with Crippen molar-refractivity contribution in [2.45, 2.75) is 39.0 Å². The molecule has 0 fully saturated rings. The van der Waals surface area contributed by atoms with Gasteiger partial charge in [-0.15, -0.1) is 0 Å². The summed E-state index contributed by atoms with van der Waals surface area (Å²) in [5.74, 6) is -0.998. The first-order chi connectivity index (χ1) is 13.9. The van der Waals surface area contributed by atoms with Crippen LogP contribution in [-0.2, 0) is 37.8 Å². The van der Waals surface area contributed by atoms with Crippen LogP contribution in [0, 0.1) is 0 Å². The van der Waals surface area contributed by atoms with Gasteiger partial charge in [0.1, 0.15) is 18.0 Å². The second-order valence-corrected chi connectivity index (χ2v) is 7.19. The fourth-order valence-corrected chi connectivity index (χ4v) is 4.10. The predicted octanol–water partition coefficient (Wildman–Crippen LogP) is 2.05. The van der Waals surface area contributed by atoms with Crippen molar-refractivity contribution < 1.29 is 19.1 Å². The molecule has 0 saturated heterocycles. The first-order valence-electron chi connectivity index (χ1n) is 9.34. The van der Waals surface area contributed by atoms with Gasteiger partial charge in [0.25, 0.3) is 11.2 Å². The largest absolute Gasteiger partial charge is 0.457 e. The summed E-state index contributed by atoms with van der Waals surface area (Å²) in [7, 11) is 0. The van der Waals surface area contributed by atoms with E-state index in [2.05, 4.69) is 4.98 Å². The van der Waals surface area contributed by atoms with Crippen LogP contribution in [0.1, 0.15) is 37.1 Å². The van der Waals surface area contributed by atoms with Gasteiger partial charge >= 0.3 is 11.9 Å². The Bertz CT molecular complexity index is 1280. The Balaban J connectivity index is 1.79. The van der Waals surface area contributed by atoms with Crippen molar-refractivity contribution in [1.82, 2.24) is 14.5 Å². The minimum absolute atomic E-state index is 0.103. The van der Waals surface area contributed by atoms with E-state index in [1.54, 1.807) is 6.92 Å². The quantitative estimate of drug-likeness (QED) is 0.482. The van der Waals surface area contributed by atoms with Crippen LogP contribution in [0.3, 0.4) is 0 Å². The summed E-state index contributed by atoms with van der Waals surface area (Å²) < 4.78 is 12.1. The molecule has 2 aromatic heterocycles. The number of rotatable bonds is 2. The lowest BCUT2D eigenvalue weighted by Gasteiger charge is -2.34. The molecule has 8 heteroatoms. The second kappa shape index (κ2) is 5.97. The molecule has 0 spiro atoms. The van der Waals surface area contributed by atoms with Gasteiger partial charge in [-0.05, 0) is 12.1 Å². The number of fused-ring (bicyclic) bond motifs is 5. The SMILES string of the molecule is CC[C@@]1(OC(C)=O)C(=O)OCc2c1nc1n(c2=O)Cc2cc3ccccc3nc2-1. The third kappa shape index (κ3) is 2.35. The molecule has 1 aromatic carbocycles. The van der Waals surface area contributed by atoms with Gasteiger partial charge in [0.05, 0.1) is 17.6 Å². The lowest BCUT2D eigenvalue weighted by atomic mass is 9.90. The molecule has 2 aliphatic rings. The summed E-state index contributed by atoms with van der Waals surface area (Å²) in [6.07, 6.45) is 0.103. The van der Waals surface area contributed by atoms with Gasteiger partial charge in [-0.1, -0.05) is 25.1 Å². The van der Waals surface area contributed by atoms with Crippen LogP contribution >= 0.6 is 0 Å². The highest BCUT2D eigenvalue weighted by Crippen LogP contribution is 2.38. The first-order valence-corrected chi connectivity index (χ1v) is 9.34. The smallest absolute Gasteiger partial charge is 0.357 e. The Labute approximate surface area is 165 Å². The number of hydrogen-bond acceptors (Lipinski definition) is 7. The number of carbonyl (C=O) groups is 2. The number of hydrogen-bond donors (Lipinski definition) is 0. The van der Waals surface area contributed by atoms with E-state index in [-0.39, 0.29) is 29.8 Å². The van der Waals surface area contributed by atoms with E-state index in [0.29, 0.717) is 18.1 Å². The summed E-state index contributed by atoms with van der Waals surface area (Å²) in [6, 6.07) is 9.66. The highest BCUT2D eigenvalue weighted by atomic mass is 16.6. The molecule has 146 valence electrons. The summed E-state index contributed by atoms with van der Waals surface area (Å²) in [5.41, 5.74) is 0.581. The Kier molecular flexibility index (Phi) is 3.61. The fourth-order valence-electron chi connectivity index (χ4n) is 4.10. The zero-order valence-electron chi connectivity index (χ0n) is 15.9. The molecule has 0 saturated carbocycles. The lowest BCUT2D eigenvalue weighted by Crippen LogP contribution is -2.48. The Morgan fingerprint density at radius 3 is 2.83 bits per heavy atom. The lowest BCUT2D eigenvalue weighted by molar-refractivity contribution is -0.188. The number of esters is 2. The second-order valence-electron chi connectivity index (χ2n) is 7.19. The number of nitrogens with zero attached hydrogens (tertiary/aromatic N) is 3. The highest BCUT2D eigenvalue weighted by Gasteiger charge is 2.51. The minimum atomic E-state index is -1.73. The molecule has 1 atom stereocenters. The zero-order chi connectivity index (χ0) is 20.3. The molecule has 4 heterocycles. The van der Waals surface area contributed by atoms with E-state index in [9.17, 15) is 14.4 Å². The monoisotopic (exact) mass is 391 g/mol. The minimum Gasteiger partial charge on any atom is -0.457 e. The molecule has 29 heavy (non-hydrogen) atoms. The van der Waals surface area contributed by atoms with Gasteiger partial charge < -0.3 is 9.47 Å². The number of carbonyl (C=O) groups excluding carboxylic acids is 2. The van der Waals surface area contributed by atoms with Gasteiger partial charge in [-0.2, -0.15) is 0 Å². The predicted molar refractivity (Wildman–Crippen MR) is 102 cm³/mol. The number of aromatic nitrogens is 3. The van der Waals surface area contributed by atoms with Crippen LogP contribution in [0.25, 0.3) is 22.4 Å². The van der Waals surface area contributed by atoms with Gasteiger partial charge in [0.2, 0.25) is 0 Å². The molecule has 0 amide bonds. The maximum atomic E-state index is 13.2. The number of benzene rings is 1. The standard InChI is InChI=1S/C21H17N3O5/c1-3-21(29-11(2)25)17-14(10-28-20(21)27)19(26)24-9-13-8-12-6-4-5-7-15(12)22-16(13)18(24)23-17/h4-8H,3,9-10H2,1-2H3/t21-/m0/s1. The van der Waals surface area contributed by atoms with Gasteiger partial charge in [-0.25, -0.2) is 14.8 Å². The number of ether oxygens (including phenoxy) is 2. The van der Waals surface area contributed by atoms with Gasteiger partial charge in [0.15, 0.2) is 5.82 Å². The third-order valence-electron chi connectivity index (χ3n) is 5.48. The molecule has 5 rings (SSSR count). The third-order valence-corrected chi connectivity index (χ3v) is 5.48. The topological polar surface area (TPSA) is 100 Å². The normalized spacial score (nSPS) is 19.3. The number of pyridine rings is 1. The average Bonchev–Trinajstić information content (AvgIpc) is 3.06. The van der Waals surface area contributed by atoms with E-state index in [1.807, 2.05) is 30.3 Å². The molecule has 8 nitrogen and oxygen atoms in total. The molecule has 0 N–H and O–H groups in total. The van der Waals surface area contributed by atoms with Crippen molar-refractivity contribution in [3.63, 3.8) is 0 Å². The maximum absolute atomic E-state index is 13.2. The van der Waals surface area contributed by atoms with Crippen molar-refractivity contribution in [1.29, 1.82) is 0 Å². The van der Waals surface area contributed by atoms with E-state index < -0.39 is 17.5 Å². The van der Waals surface area contributed by atoms with E-state index in [0.717, 1.165) is 16.5 Å². The average molecular weight is 391 g/mol. The van der Waals surface area contributed by atoms with Crippen LogP contribution < -0.4 is 5.56 Å². The van der Waals surface area contributed by atoms with Crippen LogP contribution in [0.2, 0.25) is 0 Å². The molecular formula is C21H17N3O5. The molecule has 0 radical (unpaired) electrons. The highest BCUT2D eigenvalue weighted by molar-refractivity contribution is 5.86. The molecule has 0 unspecified atom stereocenters. The van der Waals surface area contributed by atoms with Gasteiger partial charge in [-0.3, -0.25) is 14.2 Å². The van der Waals surface area contributed by atoms with Crippen molar-refractivity contribution in [3.05, 3.63) is 57.5 Å². The van der Waals surface area contributed by atoms with Crippen molar-refractivity contribution in [2.75, 3.05) is 0 Å². The molecule has 3 aromatic rings. The van der Waals surface area contributed by atoms with E-state index >= 15 is 0 Å². The van der Waals surface area contributed by atoms with Crippen LogP contribution in [0.5, 0.6) is 0 Å².